The molecular formula is C25H29N3O4S2. The Morgan fingerprint density at radius 2 is 1.79 bits per heavy atom. The molecule has 3 aromatic rings. The van der Waals surface area contributed by atoms with Gasteiger partial charge < -0.3 is 10.1 Å². The molecule has 0 spiro atoms. The van der Waals surface area contributed by atoms with Crippen LogP contribution in [0.15, 0.2) is 11.1 Å². The highest BCUT2D eigenvalue weighted by Gasteiger charge is 2.29. The quantitative estimate of drug-likeness (QED) is 0.519. The summed E-state index contributed by atoms with van der Waals surface area (Å²) < 4.78 is 6.67. The SMILES string of the molecule is CCOC(=O)c1c(NC(=O)Cn2cnc3sc4c(c3c2=O)CCC(C)C4)sc2c1CCC(C)C2. The van der Waals surface area contributed by atoms with Gasteiger partial charge in [0.2, 0.25) is 5.91 Å². The fourth-order valence-electron chi connectivity index (χ4n) is 5.06. The van der Waals surface area contributed by atoms with Crippen molar-refractivity contribution in [2.24, 2.45) is 11.8 Å². The summed E-state index contributed by atoms with van der Waals surface area (Å²) >= 11 is 3.05. The second-order valence-electron chi connectivity index (χ2n) is 9.53. The summed E-state index contributed by atoms with van der Waals surface area (Å²) in [6.45, 7) is 6.33. The Morgan fingerprint density at radius 3 is 2.50 bits per heavy atom. The number of nitrogens with zero attached hydrogens (tertiary/aromatic N) is 2. The number of thiophene rings is 2. The van der Waals surface area contributed by atoms with Crippen LogP contribution in [0.3, 0.4) is 0 Å². The molecular weight excluding hydrogens is 470 g/mol. The van der Waals surface area contributed by atoms with Crippen LogP contribution < -0.4 is 10.9 Å². The Bertz CT molecular complexity index is 1340. The molecule has 3 aromatic heterocycles. The van der Waals surface area contributed by atoms with Crippen molar-refractivity contribution in [3.05, 3.63) is 43.1 Å². The predicted octanol–water partition coefficient (Wildman–Crippen LogP) is 4.58. The molecule has 180 valence electrons. The van der Waals surface area contributed by atoms with E-state index >= 15 is 0 Å². The smallest absolute Gasteiger partial charge is 0.341 e. The van der Waals surface area contributed by atoms with Crippen molar-refractivity contribution in [2.75, 3.05) is 11.9 Å². The van der Waals surface area contributed by atoms with Crippen LogP contribution in [-0.2, 0) is 41.8 Å². The normalized spacial score (nSPS) is 19.5. The molecule has 7 nitrogen and oxygen atoms in total. The zero-order chi connectivity index (χ0) is 24.0. The maximum atomic E-state index is 13.3. The Hall–Kier alpha value is -2.52. The molecule has 2 unspecified atom stereocenters. The fraction of sp³-hybridized carbons (Fsp3) is 0.520. The van der Waals surface area contributed by atoms with Crippen LogP contribution in [-0.4, -0.2) is 28.0 Å². The predicted molar refractivity (Wildman–Crippen MR) is 135 cm³/mol. The van der Waals surface area contributed by atoms with Crippen molar-refractivity contribution in [1.29, 1.82) is 0 Å². The maximum absolute atomic E-state index is 13.3. The van der Waals surface area contributed by atoms with Crippen molar-refractivity contribution in [1.82, 2.24) is 9.55 Å². The average Bonchev–Trinajstić information content (AvgIpc) is 3.32. The number of aryl methyl sites for hydroxylation is 1. The lowest BCUT2D eigenvalue weighted by Gasteiger charge is -2.18. The van der Waals surface area contributed by atoms with Crippen molar-refractivity contribution in [3.63, 3.8) is 0 Å². The number of ether oxygens (including phenoxy) is 1. The number of fused-ring (bicyclic) bond motifs is 4. The van der Waals surface area contributed by atoms with Crippen LogP contribution in [0.25, 0.3) is 10.2 Å². The molecule has 2 atom stereocenters. The number of hydrogen-bond acceptors (Lipinski definition) is 7. The third kappa shape index (κ3) is 4.20. The minimum absolute atomic E-state index is 0.149. The molecule has 0 radical (unpaired) electrons. The monoisotopic (exact) mass is 499 g/mol. The molecule has 1 N–H and O–H groups in total. The van der Waals surface area contributed by atoms with Gasteiger partial charge in [-0.25, -0.2) is 9.78 Å². The Kier molecular flexibility index (Phi) is 6.33. The molecule has 34 heavy (non-hydrogen) atoms. The highest BCUT2D eigenvalue weighted by Crippen LogP contribution is 2.40. The highest BCUT2D eigenvalue weighted by molar-refractivity contribution is 7.18. The molecule has 3 heterocycles. The standard InChI is InChI=1S/C25H29N3O4S2/c1-4-32-25(31)21-16-8-6-14(3)10-18(16)34-23(21)27-19(29)11-28-12-26-22-20(24(28)30)15-7-5-13(2)9-17(15)33-22/h12-14H,4-11H2,1-3H3,(H,27,29). The van der Waals surface area contributed by atoms with Crippen molar-refractivity contribution < 1.29 is 14.3 Å². The first-order valence-corrected chi connectivity index (χ1v) is 13.6. The van der Waals surface area contributed by atoms with Gasteiger partial charge in [0.1, 0.15) is 16.4 Å². The zero-order valence-electron chi connectivity index (χ0n) is 19.7. The number of anilines is 1. The van der Waals surface area contributed by atoms with Gasteiger partial charge >= 0.3 is 5.97 Å². The van der Waals surface area contributed by atoms with E-state index in [1.54, 1.807) is 18.3 Å². The number of amides is 1. The summed E-state index contributed by atoms with van der Waals surface area (Å²) in [4.78, 5) is 46.6. The number of carbonyl (C=O) groups excluding carboxylic acids is 2. The molecule has 0 aliphatic heterocycles. The van der Waals surface area contributed by atoms with Gasteiger partial charge in [0, 0.05) is 9.75 Å². The third-order valence-corrected chi connectivity index (χ3v) is 9.17. The van der Waals surface area contributed by atoms with Gasteiger partial charge in [-0.3, -0.25) is 14.2 Å². The van der Waals surface area contributed by atoms with Gasteiger partial charge in [-0.2, -0.15) is 0 Å². The first-order chi connectivity index (χ1) is 16.4. The topological polar surface area (TPSA) is 90.3 Å². The molecule has 2 aliphatic carbocycles. The maximum Gasteiger partial charge on any atom is 0.341 e. The lowest BCUT2D eigenvalue weighted by molar-refractivity contribution is -0.116. The van der Waals surface area contributed by atoms with Gasteiger partial charge in [0.25, 0.3) is 5.56 Å². The number of hydrogen-bond donors (Lipinski definition) is 1. The van der Waals surface area contributed by atoms with Gasteiger partial charge in [0.15, 0.2) is 0 Å². The van der Waals surface area contributed by atoms with E-state index in [4.69, 9.17) is 4.74 Å². The van der Waals surface area contributed by atoms with E-state index in [9.17, 15) is 14.4 Å². The lowest BCUT2D eigenvalue weighted by atomic mass is 9.88. The molecule has 2 aliphatic rings. The molecule has 0 saturated carbocycles. The summed E-state index contributed by atoms with van der Waals surface area (Å²) in [6.07, 6.45) is 7.09. The molecule has 0 aromatic carbocycles. The van der Waals surface area contributed by atoms with E-state index in [0.717, 1.165) is 59.4 Å². The summed E-state index contributed by atoms with van der Waals surface area (Å²) in [7, 11) is 0. The summed E-state index contributed by atoms with van der Waals surface area (Å²) in [5.41, 5.74) is 2.41. The molecule has 9 heteroatoms. The molecule has 0 fully saturated rings. The zero-order valence-corrected chi connectivity index (χ0v) is 21.4. The minimum atomic E-state index is -0.399. The van der Waals surface area contributed by atoms with Crippen LogP contribution in [0.5, 0.6) is 0 Å². The third-order valence-electron chi connectivity index (χ3n) is 6.84. The number of rotatable bonds is 5. The number of carbonyl (C=O) groups is 2. The van der Waals surface area contributed by atoms with Crippen LogP contribution in [0.2, 0.25) is 0 Å². The van der Waals surface area contributed by atoms with Crippen LogP contribution in [0.4, 0.5) is 5.00 Å². The van der Waals surface area contributed by atoms with Crippen molar-refractivity contribution in [2.45, 2.75) is 65.8 Å². The van der Waals surface area contributed by atoms with E-state index in [2.05, 4.69) is 24.1 Å². The minimum Gasteiger partial charge on any atom is -0.462 e. The number of esters is 1. The van der Waals surface area contributed by atoms with Crippen LogP contribution in [0, 0.1) is 11.8 Å². The highest BCUT2D eigenvalue weighted by atomic mass is 32.1. The van der Waals surface area contributed by atoms with Crippen molar-refractivity contribution >= 4 is 49.8 Å². The van der Waals surface area contributed by atoms with E-state index in [1.165, 1.54) is 27.1 Å². The van der Waals surface area contributed by atoms with E-state index in [0.29, 0.717) is 27.8 Å². The van der Waals surface area contributed by atoms with E-state index in [1.807, 2.05) is 0 Å². The first-order valence-electron chi connectivity index (χ1n) is 12.0. The molecule has 0 saturated heterocycles. The van der Waals surface area contributed by atoms with Crippen molar-refractivity contribution in [3.8, 4) is 0 Å². The second-order valence-corrected chi connectivity index (χ2v) is 11.7. The van der Waals surface area contributed by atoms with Gasteiger partial charge in [-0.05, 0) is 68.4 Å². The molecule has 1 amide bonds. The van der Waals surface area contributed by atoms with Crippen LogP contribution >= 0.6 is 22.7 Å². The van der Waals surface area contributed by atoms with Gasteiger partial charge in [0.05, 0.1) is 23.9 Å². The lowest BCUT2D eigenvalue weighted by Crippen LogP contribution is -2.28. The largest absolute Gasteiger partial charge is 0.462 e. The van der Waals surface area contributed by atoms with Gasteiger partial charge in [-0.15, -0.1) is 22.7 Å². The van der Waals surface area contributed by atoms with Crippen LogP contribution in [0.1, 0.15) is 64.9 Å². The second kappa shape index (κ2) is 9.26. The Balaban J connectivity index is 1.42. The van der Waals surface area contributed by atoms with Gasteiger partial charge in [-0.1, -0.05) is 13.8 Å². The number of aromatic nitrogens is 2. The summed E-state index contributed by atoms with van der Waals surface area (Å²) in [5, 5.41) is 4.08. The van der Waals surface area contributed by atoms with E-state index < -0.39 is 5.97 Å². The Morgan fingerprint density at radius 1 is 1.12 bits per heavy atom. The molecule has 0 bridgehead atoms. The fourth-order valence-corrected chi connectivity index (χ4v) is 7.81. The Labute approximate surface area is 206 Å². The molecule has 5 rings (SSSR count). The van der Waals surface area contributed by atoms with E-state index in [-0.39, 0.29) is 24.6 Å². The summed E-state index contributed by atoms with van der Waals surface area (Å²) in [6, 6.07) is 0. The number of nitrogens with one attached hydrogen (secondary N) is 1. The average molecular weight is 500 g/mol. The summed E-state index contributed by atoms with van der Waals surface area (Å²) in [5.74, 6) is 0.407. The first kappa shape index (κ1) is 23.2.